The van der Waals surface area contributed by atoms with Crippen LogP contribution in [0, 0.1) is 5.92 Å². The summed E-state index contributed by atoms with van der Waals surface area (Å²) in [5, 5.41) is 0. The predicted molar refractivity (Wildman–Crippen MR) is 110 cm³/mol. The number of ether oxygens (including phenoxy) is 1. The minimum Gasteiger partial charge on any atom is -0.496 e. The van der Waals surface area contributed by atoms with Gasteiger partial charge < -0.3 is 15.4 Å². The fourth-order valence-corrected chi connectivity index (χ4v) is 3.53. The lowest BCUT2D eigenvalue weighted by atomic mass is 10.1. The van der Waals surface area contributed by atoms with Crippen LogP contribution in [0.3, 0.4) is 0 Å². The summed E-state index contributed by atoms with van der Waals surface area (Å²) in [4.78, 5) is 7.98. The van der Waals surface area contributed by atoms with Crippen molar-refractivity contribution in [3.63, 3.8) is 0 Å². The van der Waals surface area contributed by atoms with Crippen molar-refractivity contribution in [1.82, 2.24) is 4.90 Å². The molecule has 6 heteroatoms. The molecule has 1 unspecified atom stereocenters. The molecule has 130 valence electrons. The van der Waals surface area contributed by atoms with Crippen LogP contribution in [0.25, 0.3) is 0 Å². The third-order valence-electron chi connectivity index (χ3n) is 3.84. The number of nitrogens with two attached hydrogens (primary N) is 1. The van der Waals surface area contributed by atoms with Crippen molar-refractivity contribution >= 4 is 41.7 Å². The molecule has 1 aromatic rings. The Labute approximate surface area is 161 Å². The number of piperidine rings is 1. The fourth-order valence-electron chi connectivity index (χ4n) is 2.50. The topological polar surface area (TPSA) is 50.9 Å². The number of halogens is 1. The molecule has 2 rings (SSSR count). The van der Waals surface area contributed by atoms with E-state index in [0.29, 0.717) is 11.9 Å². The molecule has 0 bridgehead atoms. The van der Waals surface area contributed by atoms with Crippen molar-refractivity contribution in [3.8, 4) is 5.75 Å². The summed E-state index contributed by atoms with van der Waals surface area (Å²) in [6.07, 6.45) is 3.78. The molecule has 1 fully saturated rings. The number of aliphatic imine (C=N–C) groups is 1. The van der Waals surface area contributed by atoms with Crippen LogP contribution in [-0.2, 0) is 0 Å². The lowest BCUT2D eigenvalue weighted by molar-refractivity contribution is 0.337. The van der Waals surface area contributed by atoms with Crippen LogP contribution in [0.4, 0.5) is 0 Å². The average Bonchev–Trinajstić information content (AvgIpc) is 2.58. The van der Waals surface area contributed by atoms with Crippen molar-refractivity contribution in [2.24, 2.45) is 16.6 Å². The molecule has 1 saturated heterocycles. The quantitative estimate of drug-likeness (QED) is 0.310. The molecule has 0 radical (unpaired) electrons. The largest absolute Gasteiger partial charge is 0.496 e. The average molecular weight is 449 g/mol. The van der Waals surface area contributed by atoms with Crippen molar-refractivity contribution in [3.05, 3.63) is 24.3 Å². The normalized spacial score (nSPS) is 16.6. The number of nitrogens with zero attached hydrogens (tertiary/aromatic N) is 2. The molecule has 1 aliphatic rings. The van der Waals surface area contributed by atoms with E-state index >= 15 is 0 Å². The molecule has 23 heavy (non-hydrogen) atoms. The number of para-hydroxylation sites is 1. The second kappa shape index (κ2) is 11.0. The van der Waals surface area contributed by atoms with Gasteiger partial charge in [-0.25, -0.2) is 0 Å². The molecule has 0 spiro atoms. The Kier molecular flexibility index (Phi) is 9.78. The smallest absolute Gasteiger partial charge is 0.191 e. The van der Waals surface area contributed by atoms with Crippen LogP contribution in [0.2, 0.25) is 0 Å². The van der Waals surface area contributed by atoms with Crippen molar-refractivity contribution < 1.29 is 4.74 Å². The number of rotatable bonds is 6. The van der Waals surface area contributed by atoms with Crippen LogP contribution in [0.15, 0.2) is 34.2 Å². The molecule has 4 nitrogen and oxygen atoms in total. The molecule has 1 aliphatic heterocycles. The molecule has 0 aromatic heterocycles. The summed E-state index contributed by atoms with van der Waals surface area (Å²) >= 11 is 1.82. The minimum absolute atomic E-state index is 0. The zero-order chi connectivity index (χ0) is 15.8. The van der Waals surface area contributed by atoms with Gasteiger partial charge in [0, 0.05) is 30.3 Å². The first-order valence-corrected chi connectivity index (χ1v) is 9.00. The zero-order valence-corrected chi connectivity index (χ0v) is 17.2. The number of thioether (sulfide) groups is 1. The Bertz CT molecular complexity index is 492. The molecule has 1 heterocycles. The predicted octanol–water partition coefficient (Wildman–Crippen LogP) is 3.84. The first-order chi connectivity index (χ1) is 10.7. The van der Waals surface area contributed by atoms with Crippen LogP contribution in [0.1, 0.15) is 26.2 Å². The molecular weight excluding hydrogens is 421 g/mol. The number of hydrogen-bond acceptors (Lipinski definition) is 3. The monoisotopic (exact) mass is 449 g/mol. The van der Waals surface area contributed by atoms with Crippen molar-refractivity contribution in [2.45, 2.75) is 31.1 Å². The molecular formula is C17H28IN3OS. The van der Waals surface area contributed by atoms with Crippen LogP contribution < -0.4 is 10.5 Å². The van der Waals surface area contributed by atoms with Gasteiger partial charge in [-0.15, -0.1) is 35.7 Å². The lowest BCUT2D eigenvalue weighted by Gasteiger charge is -2.27. The fraction of sp³-hybridized carbons (Fsp3) is 0.588. The SMILES string of the molecule is COc1ccccc1SCC(C)CN=C(N)N1CCCCC1.I. The number of methoxy groups -OCH3 is 1. The zero-order valence-electron chi connectivity index (χ0n) is 14.0. The van der Waals surface area contributed by atoms with Crippen molar-refractivity contribution in [1.29, 1.82) is 0 Å². The Balaban J connectivity index is 0.00000264. The van der Waals surface area contributed by atoms with Gasteiger partial charge in [0.05, 0.1) is 7.11 Å². The highest BCUT2D eigenvalue weighted by molar-refractivity contribution is 14.0. The van der Waals surface area contributed by atoms with E-state index in [4.69, 9.17) is 10.5 Å². The highest BCUT2D eigenvalue weighted by Crippen LogP contribution is 2.30. The summed E-state index contributed by atoms with van der Waals surface area (Å²) in [6.45, 7) is 5.11. The van der Waals surface area contributed by atoms with Crippen LogP contribution in [0.5, 0.6) is 5.75 Å². The minimum atomic E-state index is 0. The van der Waals surface area contributed by atoms with E-state index in [9.17, 15) is 0 Å². The van der Waals surface area contributed by atoms with Crippen LogP contribution in [-0.4, -0.2) is 43.4 Å². The van der Waals surface area contributed by atoms with E-state index in [1.165, 1.54) is 24.2 Å². The number of hydrogen-bond donors (Lipinski definition) is 1. The molecule has 2 N–H and O–H groups in total. The molecule has 1 atom stereocenters. The Morgan fingerprint density at radius 1 is 1.30 bits per heavy atom. The van der Waals surface area contributed by atoms with E-state index in [1.54, 1.807) is 7.11 Å². The van der Waals surface area contributed by atoms with E-state index in [2.05, 4.69) is 22.9 Å². The number of guanidine groups is 1. The summed E-state index contributed by atoms with van der Waals surface area (Å²) < 4.78 is 5.38. The van der Waals surface area contributed by atoms with Gasteiger partial charge in [0.15, 0.2) is 5.96 Å². The van der Waals surface area contributed by atoms with E-state index in [1.807, 2.05) is 30.0 Å². The standard InChI is InChI=1S/C17H27N3OS.HI/c1-14(12-19-17(18)20-10-6-3-7-11-20)13-22-16-9-5-4-8-15(16)21-2;/h4-5,8-9,14H,3,6-7,10-13H2,1-2H3,(H2,18,19);1H. The van der Waals surface area contributed by atoms with E-state index in [0.717, 1.165) is 31.1 Å². The first-order valence-electron chi connectivity index (χ1n) is 8.01. The number of likely N-dealkylation sites (tertiary alicyclic amines) is 1. The van der Waals surface area contributed by atoms with Gasteiger partial charge in [0.25, 0.3) is 0 Å². The van der Waals surface area contributed by atoms with Crippen LogP contribution >= 0.6 is 35.7 Å². The maximum Gasteiger partial charge on any atom is 0.191 e. The summed E-state index contributed by atoms with van der Waals surface area (Å²) in [5.74, 6) is 3.15. The third-order valence-corrected chi connectivity index (χ3v) is 5.22. The van der Waals surface area contributed by atoms with Gasteiger partial charge in [0.2, 0.25) is 0 Å². The Hall–Kier alpha value is -0.630. The summed E-state index contributed by atoms with van der Waals surface area (Å²) in [5.41, 5.74) is 6.10. The van der Waals surface area contributed by atoms with Gasteiger partial charge in [-0.05, 0) is 37.3 Å². The second-order valence-corrected chi connectivity index (χ2v) is 6.88. The Morgan fingerprint density at radius 3 is 2.70 bits per heavy atom. The maximum absolute atomic E-state index is 6.10. The summed E-state index contributed by atoms with van der Waals surface area (Å²) in [6, 6.07) is 8.14. The lowest BCUT2D eigenvalue weighted by Crippen LogP contribution is -2.41. The Morgan fingerprint density at radius 2 is 2.00 bits per heavy atom. The first kappa shape index (κ1) is 20.4. The third kappa shape index (κ3) is 6.79. The highest BCUT2D eigenvalue weighted by Gasteiger charge is 2.12. The van der Waals surface area contributed by atoms with Gasteiger partial charge >= 0.3 is 0 Å². The molecule has 0 amide bonds. The maximum atomic E-state index is 6.10. The molecule has 0 saturated carbocycles. The molecule has 0 aliphatic carbocycles. The number of benzene rings is 1. The molecule has 1 aromatic carbocycles. The van der Waals surface area contributed by atoms with Gasteiger partial charge in [-0.2, -0.15) is 0 Å². The van der Waals surface area contributed by atoms with Gasteiger partial charge in [-0.3, -0.25) is 4.99 Å². The van der Waals surface area contributed by atoms with E-state index < -0.39 is 0 Å². The van der Waals surface area contributed by atoms with E-state index in [-0.39, 0.29) is 24.0 Å². The second-order valence-electron chi connectivity index (χ2n) is 5.81. The van der Waals surface area contributed by atoms with Gasteiger partial charge in [-0.1, -0.05) is 19.1 Å². The van der Waals surface area contributed by atoms with Crippen molar-refractivity contribution in [2.75, 3.05) is 32.5 Å². The van der Waals surface area contributed by atoms with Gasteiger partial charge in [0.1, 0.15) is 5.75 Å². The highest BCUT2D eigenvalue weighted by atomic mass is 127. The summed E-state index contributed by atoms with van der Waals surface area (Å²) in [7, 11) is 1.71.